The number of ether oxygens (including phenoxy) is 1. The largest absolute Gasteiger partial charge is 0.445 e. The second kappa shape index (κ2) is 11.5. The average molecular weight is 633 g/mol. The number of halogens is 1. The first-order chi connectivity index (χ1) is 21.5. The van der Waals surface area contributed by atoms with Gasteiger partial charge < -0.3 is 15.6 Å². The summed E-state index contributed by atoms with van der Waals surface area (Å²) in [6, 6.07) is 8.03. The Morgan fingerprint density at radius 3 is 2.73 bits per heavy atom. The summed E-state index contributed by atoms with van der Waals surface area (Å²) in [7, 11) is 1.64. The van der Waals surface area contributed by atoms with Crippen LogP contribution in [0.15, 0.2) is 58.9 Å². The number of aliphatic hydroxyl groups excluding tert-OH is 1. The first-order valence-corrected chi connectivity index (χ1v) is 16.2. The Morgan fingerprint density at radius 2 is 2.07 bits per heavy atom. The molecule has 3 saturated carbocycles. The lowest BCUT2D eigenvalue weighted by molar-refractivity contribution is -0.174. The Labute approximate surface area is 265 Å². The van der Waals surface area contributed by atoms with Crippen molar-refractivity contribution in [1.82, 2.24) is 15.0 Å². The number of aryl methyl sites for hydroxylation is 1. The molecule has 12 heteroatoms. The molecule has 236 valence electrons. The van der Waals surface area contributed by atoms with Crippen LogP contribution in [-0.2, 0) is 16.6 Å². The normalized spacial score (nSPS) is 35.6. The van der Waals surface area contributed by atoms with Crippen LogP contribution in [0.3, 0.4) is 0 Å². The third kappa shape index (κ3) is 5.00. The zero-order chi connectivity index (χ0) is 32.1. The van der Waals surface area contributed by atoms with Crippen molar-refractivity contribution < 1.29 is 23.8 Å². The first kappa shape index (κ1) is 31.2. The SMILES string of the molecule is Cn1cc(C(=O)O[C@]2(C(=O)SCC#N)CCC3[C@@H]4CCC5=CC(=Nc6ccc(F)cc6)C(=CN)C[C@]5(C)C4C(O)C[C@@]32C)nn1. The monoisotopic (exact) mass is 632 g/mol. The summed E-state index contributed by atoms with van der Waals surface area (Å²) < 4.78 is 21.1. The molecule has 6 rings (SSSR count). The van der Waals surface area contributed by atoms with Gasteiger partial charge in [0.2, 0.25) is 5.12 Å². The van der Waals surface area contributed by atoms with Crippen LogP contribution in [0.5, 0.6) is 0 Å². The standard InChI is InChI=1S/C33H37FN6O4S/c1-31-15-19(17-36)25(37-22-7-5-21(34)6-8-22)14-20(31)4-9-23-24-10-11-33(30(43)45-13-12-35,32(24,2)16-27(41)28(23)31)44-29(42)26-18-40(3)39-38-26/h5-8,14,17-18,23-24,27-28,41H,4,9-11,13,15-16,36H2,1-3H3/t23-,24?,27?,28?,31-,32-,33-/m0/s1. The van der Waals surface area contributed by atoms with Crippen molar-refractivity contribution in [3.8, 4) is 6.07 Å². The Balaban J connectivity index is 1.35. The molecule has 0 spiro atoms. The number of thioether (sulfide) groups is 1. The molecule has 4 aliphatic rings. The van der Waals surface area contributed by atoms with Crippen LogP contribution in [0.25, 0.3) is 0 Å². The summed E-state index contributed by atoms with van der Waals surface area (Å²) in [6.07, 6.45) is 7.65. The predicted molar refractivity (Wildman–Crippen MR) is 166 cm³/mol. The molecule has 7 atom stereocenters. The number of esters is 1. The number of benzene rings is 1. The van der Waals surface area contributed by atoms with Crippen LogP contribution in [0.2, 0.25) is 0 Å². The lowest BCUT2D eigenvalue weighted by atomic mass is 9.45. The number of aliphatic imine (C=N–C) groups is 1. The molecule has 1 heterocycles. The van der Waals surface area contributed by atoms with E-state index in [1.165, 1.54) is 28.6 Å². The Kier molecular flexibility index (Phi) is 7.98. The second-order valence-electron chi connectivity index (χ2n) is 13.2. The summed E-state index contributed by atoms with van der Waals surface area (Å²) >= 11 is 0.858. The number of aliphatic hydroxyl groups is 1. The molecule has 1 aromatic heterocycles. The average Bonchev–Trinajstić information content (AvgIpc) is 3.57. The molecule has 2 aromatic rings. The van der Waals surface area contributed by atoms with E-state index in [0.29, 0.717) is 24.9 Å². The molecule has 0 aliphatic heterocycles. The Bertz CT molecular complexity index is 1660. The molecule has 0 amide bonds. The number of allylic oxidation sites excluding steroid dienone is 3. The zero-order valence-corrected chi connectivity index (χ0v) is 26.4. The lowest BCUT2D eigenvalue weighted by Crippen LogP contribution is -2.62. The minimum absolute atomic E-state index is 0.00221. The smallest absolute Gasteiger partial charge is 0.361 e. The maximum Gasteiger partial charge on any atom is 0.361 e. The fraction of sp³-hybridized carbons (Fsp3) is 0.515. The first-order valence-electron chi connectivity index (χ1n) is 15.2. The molecule has 0 bridgehead atoms. The maximum atomic E-state index is 13.9. The zero-order valence-electron chi connectivity index (χ0n) is 25.6. The van der Waals surface area contributed by atoms with E-state index in [2.05, 4.69) is 23.3 Å². The highest BCUT2D eigenvalue weighted by molar-refractivity contribution is 8.14. The highest BCUT2D eigenvalue weighted by Crippen LogP contribution is 2.69. The van der Waals surface area contributed by atoms with Gasteiger partial charge in [-0.1, -0.05) is 36.4 Å². The summed E-state index contributed by atoms with van der Waals surface area (Å²) in [5, 5.41) is 28.7. The molecule has 3 N–H and O–H groups in total. The van der Waals surface area contributed by atoms with E-state index in [1.807, 2.05) is 13.0 Å². The van der Waals surface area contributed by atoms with E-state index in [0.717, 1.165) is 35.9 Å². The van der Waals surface area contributed by atoms with Crippen LogP contribution in [-0.4, -0.2) is 54.4 Å². The van der Waals surface area contributed by atoms with E-state index < -0.39 is 28.5 Å². The number of fused-ring (bicyclic) bond motifs is 5. The molecular weight excluding hydrogens is 595 g/mol. The molecule has 0 radical (unpaired) electrons. The molecule has 0 saturated heterocycles. The van der Waals surface area contributed by atoms with Gasteiger partial charge in [0.05, 0.1) is 35.5 Å². The second-order valence-corrected chi connectivity index (χ2v) is 14.2. The van der Waals surface area contributed by atoms with E-state index in [1.54, 1.807) is 25.4 Å². The van der Waals surface area contributed by atoms with Crippen LogP contribution in [0.1, 0.15) is 62.9 Å². The fourth-order valence-corrected chi connectivity index (χ4v) is 9.79. The van der Waals surface area contributed by atoms with Gasteiger partial charge in [0.15, 0.2) is 11.3 Å². The Hall–Kier alpha value is -3.82. The van der Waals surface area contributed by atoms with Crippen molar-refractivity contribution in [2.75, 3.05) is 5.75 Å². The molecule has 3 unspecified atom stereocenters. The number of carbonyl (C=O) groups is 2. The number of aromatic nitrogens is 3. The number of hydrogen-bond donors (Lipinski definition) is 2. The third-order valence-corrected chi connectivity index (χ3v) is 11.8. The third-order valence-electron chi connectivity index (χ3n) is 10.9. The fourth-order valence-electron chi connectivity index (χ4n) is 8.99. The number of nitrogens with two attached hydrogens (primary N) is 1. The summed E-state index contributed by atoms with van der Waals surface area (Å²) in [6.45, 7) is 4.15. The van der Waals surface area contributed by atoms with Gasteiger partial charge in [0.25, 0.3) is 0 Å². The number of carbonyl (C=O) groups excluding carboxylic acids is 2. The predicted octanol–water partition coefficient (Wildman–Crippen LogP) is 4.79. The lowest BCUT2D eigenvalue weighted by Gasteiger charge is -2.60. The number of rotatable bonds is 5. The summed E-state index contributed by atoms with van der Waals surface area (Å²) in [4.78, 5) is 32.1. The summed E-state index contributed by atoms with van der Waals surface area (Å²) in [5.74, 6) is -1.21. The maximum absolute atomic E-state index is 13.9. The minimum Gasteiger partial charge on any atom is -0.445 e. The quantitative estimate of drug-likeness (QED) is 0.442. The van der Waals surface area contributed by atoms with Crippen LogP contribution in [0, 0.1) is 45.7 Å². The van der Waals surface area contributed by atoms with Gasteiger partial charge in [-0.05, 0) is 104 Å². The van der Waals surface area contributed by atoms with Crippen molar-refractivity contribution in [3.63, 3.8) is 0 Å². The van der Waals surface area contributed by atoms with Crippen LogP contribution >= 0.6 is 11.8 Å². The molecule has 10 nitrogen and oxygen atoms in total. The van der Waals surface area contributed by atoms with E-state index in [-0.39, 0.29) is 46.6 Å². The Morgan fingerprint density at radius 1 is 1.31 bits per heavy atom. The molecule has 4 aliphatic carbocycles. The van der Waals surface area contributed by atoms with Gasteiger partial charge in [-0.2, -0.15) is 5.26 Å². The molecule has 45 heavy (non-hydrogen) atoms. The number of nitriles is 1. The van der Waals surface area contributed by atoms with E-state index in [4.69, 9.17) is 15.5 Å². The van der Waals surface area contributed by atoms with E-state index in [9.17, 15) is 24.3 Å². The van der Waals surface area contributed by atoms with Gasteiger partial charge in [-0.25, -0.2) is 14.2 Å². The topological polar surface area (TPSA) is 156 Å². The van der Waals surface area contributed by atoms with Crippen molar-refractivity contribution in [2.24, 2.45) is 46.4 Å². The highest BCUT2D eigenvalue weighted by Gasteiger charge is 2.70. The van der Waals surface area contributed by atoms with Crippen molar-refractivity contribution in [3.05, 3.63) is 65.4 Å². The van der Waals surface area contributed by atoms with Gasteiger partial charge in [0.1, 0.15) is 5.82 Å². The highest BCUT2D eigenvalue weighted by atomic mass is 32.2. The van der Waals surface area contributed by atoms with Gasteiger partial charge >= 0.3 is 5.97 Å². The number of hydrogen-bond acceptors (Lipinski definition) is 10. The van der Waals surface area contributed by atoms with Gasteiger partial charge in [-0.3, -0.25) is 9.48 Å². The minimum atomic E-state index is -1.53. The number of nitrogens with zero attached hydrogens (tertiary/aromatic N) is 5. The molecular formula is C33H37FN6O4S. The summed E-state index contributed by atoms with van der Waals surface area (Å²) in [5.41, 5.74) is 6.77. The molecule has 3 fully saturated rings. The van der Waals surface area contributed by atoms with Gasteiger partial charge in [-0.15, -0.1) is 5.10 Å². The van der Waals surface area contributed by atoms with Gasteiger partial charge in [0, 0.05) is 12.5 Å². The molecule has 1 aromatic carbocycles. The van der Waals surface area contributed by atoms with E-state index >= 15 is 0 Å². The van der Waals surface area contributed by atoms with Crippen LogP contribution in [0.4, 0.5) is 10.1 Å². The van der Waals surface area contributed by atoms with Crippen molar-refractivity contribution in [2.45, 2.75) is 64.1 Å². The van der Waals surface area contributed by atoms with Crippen molar-refractivity contribution in [1.29, 1.82) is 5.26 Å². The van der Waals surface area contributed by atoms with Crippen LogP contribution < -0.4 is 5.73 Å². The van der Waals surface area contributed by atoms with Crippen molar-refractivity contribution >= 4 is 34.2 Å².